The Labute approximate surface area is 96.6 Å². The summed E-state index contributed by atoms with van der Waals surface area (Å²) in [7, 11) is 0. The van der Waals surface area contributed by atoms with Crippen LogP contribution in [0.4, 0.5) is 8.78 Å². The van der Waals surface area contributed by atoms with Crippen LogP contribution in [0.2, 0.25) is 0 Å². The Balaban J connectivity index is 2.62. The van der Waals surface area contributed by atoms with Gasteiger partial charge in [0.15, 0.2) is 0 Å². The van der Waals surface area contributed by atoms with Gasteiger partial charge < -0.3 is 11.1 Å². The fourth-order valence-corrected chi connectivity index (χ4v) is 1.19. The summed E-state index contributed by atoms with van der Waals surface area (Å²) < 4.78 is 25.6. The van der Waals surface area contributed by atoms with Crippen LogP contribution in [0.3, 0.4) is 0 Å². The van der Waals surface area contributed by atoms with Crippen LogP contribution in [0.5, 0.6) is 0 Å². The van der Waals surface area contributed by atoms with Crippen molar-refractivity contribution in [2.75, 3.05) is 6.54 Å². The van der Waals surface area contributed by atoms with Gasteiger partial charge >= 0.3 is 0 Å². The van der Waals surface area contributed by atoms with Crippen LogP contribution < -0.4 is 11.1 Å². The van der Waals surface area contributed by atoms with Crippen LogP contribution in [0.25, 0.3) is 0 Å². The van der Waals surface area contributed by atoms with Gasteiger partial charge in [0.2, 0.25) is 0 Å². The molecule has 1 amide bonds. The molecule has 1 aromatic carbocycles. The Morgan fingerprint density at radius 1 is 1.31 bits per heavy atom. The minimum absolute atomic E-state index is 0.0690. The number of carbonyl (C=O) groups is 1. The number of hydrogen-bond donors (Lipinski definition) is 2. The molecule has 0 unspecified atom stereocenters. The number of nitrogens with two attached hydrogens (primary N) is 1. The molecule has 0 bridgehead atoms. The number of nitrogens with one attached hydrogen (secondary N) is 1. The van der Waals surface area contributed by atoms with Crippen LogP contribution in [-0.4, -0.2) is 17.4 Å². The molecule has 0 atom stereocenters. The molecule has 3 nitrogen and oxygen atoms in total. The van der Waals surface area contributed by atoms with Crippen LogP contribution >= 0.6 is 12.2 Å². The standard InChI is InChI=1S/C10H10F2N2OS/c11-7-3-6(4-8(12)5-7)10(15)14-2-1-9(13)16/h3-5H,1-2H2,(H2,13,16)(H,14,15). The van der Waals surface area contributed by atoms with E-state index in [-0.39, 0.29) is 17.1 Å². The van der Waals surface area contributed by atoms with Crippen molar-refractivity contribution in [2.24, 2.45) is 5.73 Å². The van der Waals surface area contributed by atoms with Gasteiger partial charge in [0.05, 0.1) is 4.99 Å². The van der Waals surface area contributed by atoms with Gasteiger partial charge in [-0.3, -0.25) is 4.79 Å². The second kappa shape index (κ2) is 5.50. The monoisotopic (exact) mass is 244 g/mol. The van der Waals surface area contributed by atoms with Gasteiger partial charge in [-0.05, 0) is 12.1 Å². The van der Waals surface area contributed by atoms with Crippen LogP contribution in [0.1, 0.15) is 16.8 Å². The van der Waals surface area contributed by atoms with Crippen molar-refractivity contribution in [2.45, 2.75) is 6.42 Å². The van der Waals surface area contributed by atoms with Gasteiger partial charge in [0.25, 0.3) is 5.91 Å². The summed E-state index contributed by atoms with van der Waals surface area (Å²) in [4.78, 5) is 11.7. The molecule has 1 aromatic rings. The first-order valence-corrected chi connectivity index (χ1v) is 4.92. The number of benzene rings is 1. The molecular weight excluding hydrogens is 234 g/mol. The molecule has 16 heavy (non-hydrogen) atoms. The fraction of sp³-hybridized carbons (Fsp3) is 0.200. The van der Waals surface area contributed by atoms with Crippen molar-refractivity contribution in [1.29, 1.82) is 0 Å². The fourth-order valence-electron chi connectivity index (χ4n) is 1.09. The molecule has 1 rings (SSSR count). The molecule has 0 aliphatic carbocycles. The largest absolute Gasteiger partial charge is 0.393 e. The topological polar surface area (TPSA) is 55.1 Å². The molecule has 0 radical (unpaired) electrons. The van der Waals surface area contributed by atoms with Gasteiger partial charge in [-0.25, -0.2) is 8.78 Å². The Kier molecular flexibility index (Phi) is 4.30. The van der Waals surface area contributed by atoms with Crippen molar-refractivity contribution in [1.82, 2.24) is 5.32 Å². The minimum Gasteiger partial charge on any atom is -0.393 e. The van der Waals surface area contributed by atoms with E-state index in [4.69, 9.17) is 5.73 Å². The first kappa shape index (κ1) is 12.5. The van der Waals surface area contributed by atoms with Crippen molar-refractivity contribution in [3.05, 3.63) is 35.4 Å². The summed E-state index contributed by atoms with van der Waals surface area (Å²) in [5.41, 5.74) is 5.16. The van der Waals surface area contributed by atoms with Gasteiger partial charge in [-0.15, -0.1) is 0 Å². The van der Waals surface area contributed by atoms with E-state index in [1.165, 1.54) is 0 Å². The summed E-state index contributed by atoms with van der Waals surface area (Å²) in [6.45, 7) is 0.242. The van der Waals surface area contributed by atoms with Crippen molar-refractivity contribution < 1.29 is 13.6 Å². The van der Waals surface area contributed by atoms with Crippen LogP contribution in [-0.2, 0) is 0 Å². The van der Waals surface area contributed by atoms with E-state index in [9.17, 15) is 13.6 Å². The number of rotatable bonds is 4. The molecule has 0 heterocycles. The Morgan fingerprint density at radius 2 is 1.88 bits per heavy atom. The number of hydrogen-bond acceptors (Lipinski definition) is 2. The highest BCUT2D eigenvalue weighted by Gasteiger charge is 2.08. The molecule has 0 aliphatic rings. The van der Waals surface area contributed by atoms with Gasteiger partial charge in [0, 0.05) is 24.6 Å². The molecular formula is C10H10F2N2OS. The molecule has 0 saturated carbocycles. The predicted molar refractivity (Wildman–Crippen MR) is 60.1 cm³/mol. The second-order valence-electron chi connectivity index (χ2n) is 3.13. The zero-order chi connectivity index (χ0) is 12.1. The molecule has 3 N–H and O–H groups in total. The minimum atomic E-state index is -0.792. The summed E-state index contributed by atoms with van der Waals surface area (Å²) in [6.07, 6.45) is 0.346. The Hall–Kier alpha value is -1.56. The zero-order valence-corrected chi connectivity index (χ0v) is 9.11. The molecule has 0 aromatic heterocycles. The summed E-state index contributed by atoms with van der Waals surface area (Å²) in [6, 6.07) is 2.62. The van der Waals surface area contributed by atoms with E-state index < -0.39 is 17.5 Å². The lowest BCUT2D eigenvalue weighted by atomic mass is 10.2. The van der Waals surface area contributed by atoms with E-state index >= 15 is 0 Å². The van der Waals surface area contributed by atoms with Crippen molar-refractivity contribution in [3.63, 3.8) is 0 Å². The number of halogens is 2. The van der Waals surface area contributed by atoms with E-state index in [0.29, 0.717) is 12.5 Å². The Morgan fingerprint density at radius 3 is 2.38 bits per heavy atom. The third-order valence-electron chi connectivity index (χ3n) is 1.78. The van der Waals surface area contributed by atoms with Crippen molar-refractivity contribution in [3.8, 4) is 0 Å². The third kappa shape index (κ3) is 3.90. The lowest BCUT2D eigenvalue weighted by Gasteiger charge is -2.04. The highest BCUT2D eigenvalue weighted by molar-refractivity contribution is 7.80. The molecule has 0 aliphatic heterocycles. The average molecular weight is 244 g/mol. The quantitative estimate of drug-likeness (QED) is 0.786. The van der Waals surface area contributed by atoms with Crippen LogP contribution in [0.15, 0.2) is 18.2 Å². The average Bonchev–Trinajstić information content (AvgIpc) is 2.15. The highest BCUT2D eigenvalue weighted by atomic mass is 32.1. The molecule has 0 fully saturated rings. The molecule has 0 spiro atoms. The first-order valence-electron chi connectivity index (χ1n) is 4.51. The van der Waals surface area contributed by atoms with Crippen molar-refractivity contribution >= 4 is 23.1 Å². The van der Waals surface area contributed by atoms with Gasteiger partial charge in [-0.2, -0.15) is 0 Å². The summed E-state index contributed by atoms with van der Waals surface area (Å²) >= 11 is 4.61. The first-order chi connectivity index (χ1) is 7.49. The Bertz CT molecular complexity index is 403. The van der Waals surface area contributed by atoms with E-state index in [0.717, 1.165) is 12.1 Å². The summed E-state index contributed by atoms with van der Waals surface area (Å²) in [5, 5.41) is 2.44. The van der Waals surface area contributed by atoms with Gasteiger partial charge in [-0.1, -0.05) is 12.2 Å². The number of amides is 1. The van der Waals surface area contributed by atoms with E-state index in [1.807, 2.05) is 0 Å². The lowest BCUT2D eigenvalue weighted by Crippen LogP contribution is -2.27. The molecule has 0 saturated heterocycles. The maximum absolute atomic E-state index is 12.8. The number of carbonyl (C=O) groups excluding carboxylic acids is 1. The maximum atomic E-state index is 12.8. The van der Waals surface area contributed by atoms with E-state index in [2.05, 4.69) is 17.5 Å². The SMILES string of the molecule is NC(=S)CCNC(=O)c1cc(F)cc(F)c1. The lowest BCUT2D eigenvalue weighted by molar-refractivity contribution is 0.0954. The highest BCUT2D eigenvalue weighted by Crippen LogP contribution is 2.07. The normalized spacial score (nSPS) is 9.88. The predicted octanol–water partition coefficient (Wildman–Crippen LogP) is 1.37. The molecule has 86 valence electrons. The zero-order valence-electron chi connectivity index (χ0n) is 8.30. The third-order valence-corrected chi connectivity index (χ3v) is 1.99. The van der Waals surface area contributed by atoms with E-state index in [1.54, 1.807) is 0 Å². The second-order valence-corrected chi connectivity index (χ2v) is 3.65. The molecule has 6 heteroatoms. The van der Waals surface area contributed by atoms with Crippen LogP contribution in [0, 0.1) is 11.6 Å². The maximum Gasteiger partial charge on any atom is 0.251 e. The summed E-state index contributed by atoms with van der Waals surface area (Å²) in [5.74, 6) is -2.14. The number of thiocarbonyl (C=S) groups is 1. The smallest absolute Gasteiger partial charge is 0.251 e. The van der Waals surface area contributed by atoms with Gasteiger partial charge in [0.1, 0.15) is 11.6 Å².